The van der Waals surface area contributed by atoms with Gasteiger partial charge in [0.1, 0.15) is 5.75 Å². The second-order valence-electron chi connectivity index (χ2n) is 5.22. The van der Waals surface area contributed by atoms with E-state index in [1.54, 1.807) is 0 Å². The SMILES string of the molecule is Cc1ccccc1CC(=O)c1cccc(OC(C)C)c1. The Hall–Kier alpha value is -2.09. The Balaban J connectivity index is 2.15. The van der Waals surface area contributed by atoms with Gasteiger partial charge in [-0.05, 0) is 44.0 Å². The molecular weight excluding hydrogens is 248 g/mol. The molecule has 0 bridgehead atoms. The lowest BCUT2D eigenvalue weighted by Crippen LogP contribution is -2.08. The maximum Gasteiger partial charge on any atom is 0.167 e. The zero-order valence-corrected chi connectivity index (χ0v) is 12.2. The molecule has 0 saturated heterocycles. The van der Waals surface area contributed by atoms with Gasteiger partial charge in [-0.15, -0.1) is 0 Å². The third kappa shape index (κ3) is 3.70. The van der Waals surface area contributed by atoms with Crippen LogP contribution >= 0.6 is 0 Å². The maximum atomic E-state index is 12.3. The molecule has 0 aliphatic carbocycles. The number of hydrogen-bond donors (Lipinski definition) is 0. The second-order valence-corrected chi connectivity index (χ2v) is 5.22. The van der Waals surface area contributed by atoms with Gasteiger partial charge in [-0.1, -0.05) is 36.4 Å². The van der Waals surface area contributed by atoms with Gasteiger partial charge in [0.2, 0.25) is 0 Å². The van der Waals surface area contributed by atoms with Crippen molar-refractivity contribution in [2.75, 3.05) is 0 Å². The van der Waals surface area contributed by atoms with Gasteiger partial charge in [-0.3, -0.25) is 4.79 Å². The Labute approximate surface area is 120 Å². The van der Waals surface area contributed by atoms with Crippen LogP contribution in [-0.4, -0.2) is 11.9 Å². The van der Waals surface area contributed by atoms with E-state index in [-0.39, 0.29) is 11.9 Å². The third-order valence-corrected chi connectivity index (χ3v) is 3.14. The van der Waals surface area contributed by atoms with E-state index in [0.29, 0.717) is 12.0 Å². The normalized spacial score (nSPS) is 10.6. The molecule has 2 nitrogen and oxygen atoms in total. The lowest BCUT2D eigenvalue weighted by molar-refractivity contribution is 0.0992. The molecule has 0 fully saturated rings. The molecule has 2 heteroatoms. The van der Waals surface area contributed by atoms with Gasteiger partial charge in [-0.25, -0.2) is 0 Å². The predicted molar refractivity (Wildman–Crippen MR) is 81.4 cm³/mol. The quantitative estimate of drug-likeness (QED) is 0.759. The number of rotatable bonds is 5. The van der Waals surface area contributed by atoms with Crippen molar-refractivity contribution in [3.63, 3.8) is 0 Å². The fourth-order valence-corrected chi connectivity index (χ4v) is 2.10. The van der Waals surface area contributed by atoms with E-state index in [4.69, 9.17) is 4.74 Å². The molecule has 0 heterocycles. The fraction of sp³-hybridized carbons (Fsp3) is 0.278. The van der Waals surface area contributed by atoms with Crippen LogP contribution in [0.2, 0.25) is 0 Å². The molecule has 20 heavy (non-hydrogen) atoms. The molecule has 0 atom stereocenters. The topological polar surface area (TPSA) is 26.3 Å². The molecule has 0 aliphatic rings. The summed E-state index contributed by atoms with van der Waals surface area (Å²) in [5.74, 6) is 0.865. The van der Waals surface area contributed by atoms with Gasteiger partial charge in [0.05, 0.1) is 6.10 Å². The van der Waals surface area contributed by atoms with E-state index in [0.717, 1.165) is 16.9 Å². The van der Waals surface area contributed by atoms with Crippen LogP contribution in [0, 0.1) is 6.92 Å². The minimum Gasteiger partial charge on any atom is -0.491 e. The van der Waals surface area contributed by atoms with Crippen molar-refractivity contribution in [3.05, 3.63) is 65.2 Å². The Morgan fingerprint density at radius 2 is 1.85 bits per heavy atom. The van der Waals surface area contributed by atoms with E-state index >= 15 is 0 Å². The van der Waals surface area contributed by atoms with E-state index in [1.165, 1.54) is 0 Å². The van der Waals surface area contributed by atoms with Gasteiger partial charge in [-0.2, -0.15) is 0 Å². The van der Waals surface area contributed by atoms with Crippen LogP contribution in [0.3, 0.4) is 0 Å². The minimum absolute atomic E-state index is 0.108. The summed E-state index contributed by atoms with van der Waals surface area (Å²) in [5, 5.41) is 0. The minimum atomic E-state index is 0.108. The zero-order valence-electron chi connectivity index (χ0n) is 12.2. The number of carbonyl (C=O) groups is 1. The highest BCUT2D eigenvalue weighted by Gasteiger charge is 2.10. The van der Waals surface area contributed by atoms with Crippen molar-refractivity contribution in [2.24, 2.45) is 0 Å². The summed E-state index contributed by atoms with van der Waals surface area (Å²) in [6, 6.07) is 15.4. The molecule has 0 unspecified atom stereocenters. The fourth-order valence-electron chi connectivity index (χ4n) is 2.10. The number of carbonyl (C=O) groups excluding carboxylic acids is 1. The largest absolute Gasteiger partial charge is 0.491 e. The lowest BCUT2D eigenvalue weighted by atomic mass is 9.99. The smallest absolute Gasteiger partial charge is 0.167 e. The number of Topliss-reactive ketones (excluding diaryl/α,β-unsaturated/α-hetero) is 1. The molecule has 2 rings (SSSR count). The van der Waals surface area contributed by atoms with Crippen molar-refractivity contribution < 1.29 is 9.53 Å². The Kier molecular flexibility index (Phi) is 4.57. The highest BCUT2D eigenvalue weighted by Crippen LogP contribution is 2.17. The summed E-state index contributed by atoms with van der Waals surface area (Å²) in [6.45, 7) is 5.98. The van der Waals surface area contributed by atoms with Crippen LogP contribution in [0.25, 0.3) is 0 Å². The first-order chi connectivity index (χ1) is 9.56. The first-order valence-electron chi connectivity index (χ1n) is 6.90. The van der Waals surface area contributed by atoms with Gasteiger partial charge in [0, 0.05) is 12.0 Å². The standard InChI is InChI=1S/C18H20O2/c1-13(2)20-17-10-6-9-16(11-17)18(19)12-15-8-5-4-7-14(15)3/h4-11,13H,12H2,1-3H3. The average Bonchev–Trinajstić information content (AvgIpc) is 2.41. The van der Waals surface area contributed by atoms with Gasteiger partial charge >= 0.3 is 0 Å². The molecule has 0 spiro atoms. The predicted octanol–water partition coefficient (Wildman–Crippen LogP) is 4.21. The molecule has 0 saturated carbocycles. The Morgan fingerprint density at radius 1 is 1.10 bits per heavy atom. The van der Waals surface area contributed by atoms with Gasteiger partial charge in [0.25, 0.3) is 0 Å². The highest BCUT2D eigenvalue weighted by molar-refractivity contribution is 5.98. The molecule has 0 amide bonds. The van der Waals surface area contributed by atoms with E-state index < -0.39 is 0 Å². The van der Waals surface area contributed by atoms with E-state index in [2.05, 4.69) is 0 Å². The number of ether oxygens (including phenoxy) is 1. The van der Waals surface area contributed by atoms with Crippen LogP contribution in [0.1, 0.15) is 35.3 Å². The van der Waals surface area contributed by atoms with Crippen LogP contribution in [0.5, 0.6) is 5.75 Å². The lowest BCUT2D eigenvalue weighted by Gasteiger charge is -2.11. The van der Waals surface area contributed by atoms with Crippen molar-refractivity contribution in [1.29, 1.82) is 0 Å². The first kappa shape index (κ1) is 14.3. The molecule has 0 aromatic heterocycles. The third-order valence-electron chi connectivity index (χ3n) is 3.14. The van der Waals surface area contributed by atoms with E-state index in [9.17, 15) is 4.79 Å². The highest BCUT2D eigenvalue weighted by atomic mass is 16.5. The van der Waals surface area contributed by atoms with Crippen LogP contribution < -0.4 is 4.74 Å². The molecule has 2 aromatic rings. The molecule has 0 radical (unpaired) electrons. The monoisotopic (exact) mass is 268 g/mol. The number of hydrogen-bond acceptors (Lipinski definition) is 2. The second kappa shape index (κ2) is 6.38. The van der Waals surface area contributed by atoms with Crippen LogP contribution in [-0.2, 0) is 6.42 Å². The summed E-state index contributed by atoms with van der Waals surface area (Å²) in [7, 11) is 0. The van der Waals surface area contributed by atoms with Gasteiger partial charge in [0.15, 0.2) is 5.78 Å². The first-order valence-corrected chi connectivity index (χ1v) is 6.90. The summed E-state index contributed by atoms with van der Waals surface area (Å²) in [5.41, 5.74) is 2.93. The molecule has 0 N–H and O–H groups in total. The molecule has 2 aromatic carbocycles. The summed E-state index contributed by atoms with van der Waals surface area (Å²) < 4.78 is 5.63. The van der Waals surface area contributed by atoms with Crippen molar-refractivity contribution in [1.82, 2.24) is 0 Å². The Morgan fingerprint density at radius 3 is 2.55 bits per heavy atom. The summed E-state index contributed by atoms with van der Waals surface area (Å²) in [6.07, 6.45) is 0.536. The maximum absolute atomic E-state index is 12.3. The molecule has 104 valence electrons. The molecular formula is C18H20O2. The zero-order chi connectivity index (χ0) is 14.5. The van der Waals surface area contributed by atoms with Crippen molar-refractivity contribution in [3.8, 4) is 5.75 Å². The van der Waals surface area contributed by atoms with Gasteiger partial charge < -0.3 is 4.74 Å². The Bertz CT molecular complexity index is 600. The van der Waals surface area contributed by atoms with Crippen molar-refractivity contribution in [2.45, 2.75) is 33.3 Å². The summed E-state index contributed by atoms with van der Waals surface area (Å²) >= 11 is 0. The van der Waals surface area contributed by atoms with E-state index in [1.807, 2.05) is 69.3 Å². The summed E-state index contributed by atoms with van der Waals surface area (Å²) in [4.78, 5) is 12.3. The molecule has 0 aliphatic heterocycles. The van der Waals surface area contributed by atoms with Crippen LogP contribution in [0.4, 0.5) is 0 Å². The average molecular weight is 268 g/mol. The number of ketones is 1. The number of aryl methyl sites for hydroxylation is 1. The van der Waals surface area contributed by atoms with Crippen molar-refractivity contribution >= 4 is 5.78 Å². The van der Waals surface area contributed by atoms with Crippen LogP contribution in [0.15, 0.2) is 48.5 Å². The number of benzene rings is 2.